The van der Waals surface area contributed by atoms with Crippen LogP contribution in [0.15, 0.2) is 12.1 Å². The molecule has 0 aliphatic carbocycles. The molecule has 1 aromatic rings. The molecule has 1 fully saturated rings. The standard InChI is InChI=1S/C11H17N3OS2/c1-14(8-4-5-16-7-8)6-9-2-3-10(17-9)11(15)13-12/h2-3,8H,4-7,12H2,1H3,(H,13,15). The molecule has 0 aromatic carbocycles. The summed E-state index contributed by atoms with van der Waals surface area (Å²) in [5.74, 6) is 7.38. The molecule has 3 N–H and O–H groups in total. The SMILES string of the molecule is CN(Cc1ccc(C(=O)NN)s1)C1CCSC1. The minimum absolute atomic E-state index is 0.208. The van der Waals surface area contributed by atoms with Gasteiger partial charge in [0, 0.05) is 23.2 Å². The molecule has 0 saturated carbocycles. The van der Waals surface area contributed by atoms with E-state index in [9.17, 15) is 4.79 Å². The van der Waals surface area contributed by atoms with Gasteiger partial charge in [0.2, 0.25) is 0 Å². The molecule has 1 atom stereocenters. The number of nitrogen functional groups attached to an aromatic ring is 1. The number of carbonyl (C=O) groups is 1. The summed E-state index contributed by atoms with van der Waals surface area (Å²) in [6, 6.07) is 4.52. The van der Waals surface area contributed by atoms with Crippen molar-refractivity contribution in [3.8, 4) is 0 Å². The Morgan fingerprint density at radius 2 is 2.47 bits per heavy atom. The van der Waals surface area contributed by atoms with Crippen LogP contribution in [-0.2, 0) is 6.54 Å². The van der Waals surface area contributed by atoms with Crippen LogP contribution in [0.1, 0.15) is 21.0 Å². The van der Waals surface area contributed by atoms with E-state index in [2.05, 4.69) is 17.4 Å². The van der Waals surface area contributed by atoms with E-state index >= 15 is 0 Å². The lowest BCUT2D eigenvalue weighted by molar-refractivity contribution is 0.0957. The maximum Gasteiger partial charge on any atom is 0.275 e. The zero-order valence-corrected chi connectivity index (χ0v) is 11.4. The van der Waals surface area contributed by atoms with Crippen molar-refractivity contribution in [3.05, 3.63) is 21.9 Å². The van der Waals surface area contributed by atoms with E-state index < -0.39 is 0 Å². The summed E-state index contributed by atoms with van der Waals surface area (Å²) in [6.45, 7) is 0.910. The van der Waals surface area contributed by atoms with Crippen LogP contribution >= 0.6 is 23.1 Å². The van der Waals surface area contributed by atoms with Gasteiger partial charge in [-0.15, -0.1) is 11.3 Å². The third-order valence-electron chi connectivity index (χ3n) is 2.95. The molecule has 1 aliphatic rings. The summed E-state index contributed by atoms with van der Waals surface area (Å²) in [5.41, 5.74) is 2.16. The van der Waals surface area contributed by atoms with E-state index in [0.29, 0.717) is 10.9 Å². The van der Waals surface area contributed by atoms with Crippen LogP contribution in [0.5, 0.6) is 0 Å². The molecule has 1 saturated heterocycles. The Kier molecular flexibility index (Phi) is 4.44. The van der Waals surface area contributed by atoms with Crippen molar-refractivity contribution >= 4 is 29.0 Å². The van der Waals surface area contributed by atoms with Gasteiger partial charge < -0.3 is 0 Å². The minimum Gasteiger partial charge on any atom is -0.297 e. The summed E-state index contributed by atoms with van der Waals surface area (Å²) in [6.07, 6.45) is 1.27. The molecule has 2 heterocycles. The van der Waals surface area contributed by atoms with Gasteiger partial charge in [-0.25, -0.2) is 5.84 Å². The van der Waals surface area contributed by atoms with Crippen molar-refractivity contribution in [1.82, 2.24) is 10.3 Å². The normalized spacial score (nSPS) is 19.8. The predicted octanol–water partition coefficient (Wildman–Crippen LogP) is 1.29. The molecule has 2 rings (SSSR count). The number of thiophene rings is 1. The number of nitrogens with two attached hydrogens (primary N) is 1. The van der Waals surface area contributed by atoms with Crippen molar-refractivity contribution in [2.45, 2.75) is 19.0 Å². The summed E-state index contributed by atoms with van der Waals surface area (Å²) >= 11 is 3.53. The van der Waals surface area contributed by atoms with Gasteiger partial charge in [-0.05, 0) is 31.4 Å². The summed E-state index contributed by atoms with van der Waals surface area (Å²) in [4.78, 5) is 15.6. The second-order valence-corrected chi connectivity index (χ2v) is 6.49. The first-order valence-electron chi connectivity index (χ1n) is 5.58. The Labute approximate surface area is 110 Å². The van der Waals surface area contributed by atoms with Crippen molar-refractivity contribution in [1.29, 1.82) is 0 Å². The van der Waals surface area contributed by atoms with Crippen LogP contribution in [0, 0.1) is 0 Å². The second kappa shape index (κ2) is 5.86. The van der Waals surface area contributed by atoms with Crippen molar-refractivity contribution < 1.29 is 4.79 Å². The van der Waals surface area contributed by atoms with E-state index in [1.807, 2.05) is 23.9 Å². The highest BCUT2D eigenvalue weighted by molar-refractivity contribution is 7.99. The van der Waals surface area contributed by atoms with E-state index in [1.54, 1.807) is 0 Å². The smallest absolute Gasteiger partial charge is 0.275 e. The van der Waals surface area contributed by atoms with E-state index in [4.69, 9.17) is 5.84 Å². The summed E-state index contributed by atoms with van der Waals surface area (Å²) in [7, 11) is 2.15. The molecule has 17 heavy (non-hydrogen) atoms. The Hall–Kier alpha value is -0.560. The van der Waals surface area contributed by atoms with Gasteiger partial charge in [-0.3, -0.25) is 15.1 Å². The highest BCUT2D eigenvalue weighted by atomic mass is 32.2. The fraction of sp³-hybridized carbons (Fsp3) is 0.545. The van der Waals surface area contributed by atoms with Crippen LogP contribution in [-0.4, -0.2) is 35.4 Å². The van der Waals surface area contributed by atoms with Gasteiger partial charge in [-0.2, -0.15) is 11.8 Å². The first-order chi connectivity index (χ1) is 8.20. The van der Waals surface area contributed by atoms with E-state index in [1.165, 1.54) is 34.1 Å². The summed E-state index contributed by atoms with van der Waals surface area (Å²) in [5, 5.41) is 0. The minimum atomic E-state index is -0.208. The van der Waals surface area contributed by atoms with Crippen molar-refractivity contribution in [2.24, 2.45) is 5.84 Å². The lowest BCUT2D eigenvalue weighted by Crippen LogP contribution is -2.30. The van der Waals surface area contributed by atoms with Gasteiger partial charge in [0.1, 0.15) is 0 Å². The zero-order chi connectivity index (χ0) is 12.3. The van der Waals surface area contributed by atoms with Gasteiger partial charge in [0.05, 0.1) is 4.88 Å². The van der Waals surface area contributed by atoms with E-state index in [0.717, 1.165) is 6.54 Å². The third kappa shape index (κ3) is 3.22. The lowest BCUT2D eigenvalue weighted by atomic mass is 10.2. The Morgan fingerprint density at radius 3 is 3.12 bits per heavy atom. The maximum absolute atomic E-state index is 11.3. The number of amides is 1. The average molecular weight is 271 g/mol. The number of hydrogen-bond donors (Lipinski definition) is 2. The number of thioether (sulfide) groups is 1. The van der Waals surface area contributed by atoms with Gasteiger partial charge in [0.25, 0.3) is 5.91 Å². The molecule has 4 nitrogen and oxygen atoms in total. The number of hydrazine groups is 1. The molecule has 0 bridgehead atoms. The van der Waals surface area contributed by atoms with Gasteiger partial charge in [-0.1, -0.05) is 0 Å². The van der Waals surface area contributed by atoms with Crippen LogP contribution in [0.25, 0.3) is 0 Å². The predicted molar refractivity (Wildman–Crippen MR) is 73.2 cm³/mol. The number of nitrogens with one attached hydrogen (secondary N) is 1. The number of rotatable bonds is 4. The third-order valence-corrected chi connectivity index (χ3v) is 5.16. The highest BCUT2D eigenvalue weighted by Gasteiger charge is 2.20. The molecular formula is C11H17N3OS2. The number of hydrogen-bond acceptors (Lipinski definition) is 5. The second-order valence-electron chi connectivity index (χ2n) is 4.17. The summed E-state index contributed by atoms with van der Waals surface area (Å²) < 4.78 is 0. The van der Waals surface area contributed by atoms with Crippen molar-refractivity contribution in [2.75, 3.05) is 18.6 Å². The topological polar surface area (TPSA) is 58.4 Å². The van der Waals surface area contributed by atoms with Crippen LogP contribution in [0.2, 0.25) is 0 Å². The zero-order valence-electron chi connectivity index (χ0n) is 9.81. The van der Waals surface area contributed by atoms with Gasteiger partial charge >= 0.3 is 0 Å². The molecule has 1 aromatic heterocycles. The van der Waals surface area contributed by atoms with Crippen LogP contribution in [0.3, 0.4) is 0 Å². The molecule has 0 spiro atoms. The molecule has 0 radical (unpaired) electrons. The van der Waals surface area contributed by atoms with Crippen molar-refractivity contribution in [3.63, 3.8) is 0 Å². The van der Waals surface area contributed by atoms with Crippen LogP contribution < -0.4 is 11.3 Å². The first kappa shape index (κ1) is 12.9. The Bertz CT molecular complexity index is 388. The Morgan fingerprint density at radius 1 is 1.65 bits per heavy atom. The number of nitrogens with zero attached hydrogens (tertiary/aromatic N) is 1. The molecule has 1 unspecified atom stereocenters. The maximum atomic E-state index is 11.3. The fourth-order valence-corrected chi connectivity index (χ4v) is 4.17. The molecule has 1 amide bonds. The van der Waals surface area contributed by atoms with Gasteiger partial charge in [0.15, 0.2) is 0 Å². The monoisotopic (exact) mass is 271 g/mol. The highest BCUT2D eigenvalue weighted by Crippen LogP contribution is 2.24. The Balaban J connectivity index is 1.94. The molecular weight excluding hydrogens is 254 g/mol. The first-order valence-corrected chi connectivity index (χ1v) is 7.55. The van der Waals surface area contributed by atoms with E-state index in [-0.39, 0.29) is 5.91 Å². The molecule has 1 aliphatic heterocycles. The average Bonchev–Trinajstić information content (AvgIpc) is 2.98. The fourth-order valence-electron chi connectivity index (χ4n) is 1.90. The number of carbonyl (C=O) groups excluding carboxylic acids is 1. The molecule has 94 valence electrons. The largest absolute Gasteiger partial charge is 0.297 e. The quantitative estimate of drug-likeness (QED) is 0.492. The lowest BCUT2D eigenvalue weighted by Gasteiger charge is -2.22. The van der Waals surface area contributed by atoms with Crippen LogP contribution in [0.4, 0.5) is 0 Å². The molecule has 6 heteroatoms.